The van der Waals surface area contributed by atoms with Gasteiger partial charge in [0.05, 0.1) is 4.47 Å². The van der Waals surface area contributed by atoms with E-state index < -0.39 is 17.4 Å². The highest BCUT2D eigenvalue weighted by Gasteiger charge is 2.27. The first-order valence-electron chi connectivity index (χ1n) is 6.48. The van der Waals surface area contributed by atoms with Crippen molar-refractivity contribution in [3.05, 3.63) is 40.4 Å². The van der Waals surface area contributed by atoms with Gasteiger partial charge in [-0.1, -0.05) is 6.08 Å². The van der Waals surface area contributed by atoms with Crippen molar-refractivity contribution in [2.45, 2.75) is 12.5 Å². The van der Waals surface area contributed by atoms with Crippen molar-refractivity contribution in [3.8, 4) is 5.75 Å². The van der Waals surface area contributed by atoms with Gasteiger partial charge in [0.1, 0.15) is 0 Å². The van der Waals surface area contributed by atoms with E-state index in [1.54, 1.807) is 6.08 Å². The molecule has 110 valence electrons. The smallest absolute Gasteiger partial charge is 0.201 e. The van der Waals surface area contributed by atoms with E-state index in [0.29, 0.717) is 12.0 Å². The molecule has 0 bridgehead atoms. The molecule has 1 aromatic rings. The van der Waals surface area contributed by atoms with Crippen LogP contribution in [-0.2, 0) is 0 Å². The van der Waals surface area contributed by atoms with Gasteiger partial charge >= 0.3 is 0 Å². The van der Waals surface area contributed by atoms with Crippen molar-refractivity contribution in [3.63, 3.8) is 0 Å². The highest BCUT2D eigenvalue weighted by atomic mass is 79.9. The molecule has 0 saturated carbocycles. The zero-order chi connectivity index (χ0) is 14.7. The molecule has 1 fully saturated rings. The summed E-state index contributed by atoms with van der Waals surface area (Å²) in [5.74, 6) is -2.89. The Labute approximate surface area is 125 Å². The van der Waals surface area contributed by atoms with E-state index in [2.05, 4.69) is 32.7 Å². The third kappa shape index (κ3) is 3.02. The molecule has 3 nitrogen and oxygen atoms in total. The van der Waals surface area contributed by atoms with Crippen molar-refractivity contribution >= 4 is 15.9 Å². The summed E-state index contributed by atoms with van der Waals surface area (Å²) in [5, 5.41) is 13.2. The van der Waals surface area contributed by atoms with Crippen molar-refractivity contribution < 1.29 is 13.9 Å². The van der Waals surface area contributed by atoms with Gasteiger partial charge in [-0.15, -0.1) is 6.58 Å². The Kier molecular flexibility index (Phi) is 5.12. The van der Waals surface area contributed by atoms with Crippen molar-refractivity contribution in [2.75, 3.05) is 26.2 Å². The minimum atomic E-state index is -1.21. The molecule has 1 aliphatic rings. The zero-order valence-corrected chi connectivity index (χ0v) is 12.6. The number of hydrogen-bond acceptors (Lipinski definition) is 3. The molecule has 0 aliphatic carbocycles. The number of nitrogens with one attached hydrogen (secondary N) is 1. The number of nitrogens with zero attached hydrogens (tertiary/aromatic N) is 1. The van der Waals surface area contributed by atoms with Crippen LogP contribution < -0.4 is 5.32 Å². The average molecular weight is 347 g/mol. The molecule has 0 aromatic heterocycles. The minimum Gasteiger partial charge on any atom is -0.505 e. The standard InChI is InChI=1S/C14H17BrF2N2O/c1-2-3-11(19-6-4-18-5-7-19)9-8-10(15)12(16)13(17)14(9)20/h2,8,11,18,20H,1,3-7H2/t11-/m0/s1. The van der Waals surface area contributed by atoms with Crippen LogP contribution in [-0.4, -0.2) is 36.2 Å². The minimum absolute atomic E-state index is 0.0204. The van der Waals surface area contributed by atoms with Crippen molar-refractivity contribution in [1.82, 2.24) is 10.2 Å². The Morgan fingerprint density at radius 1 is 1.40 bits per heavy atom. The third-order valence-corrected chi connectivity index (χ3v) is 4.08. The van der Waals surface area contributed by atoms with Crippen LogP contribution in [0.25, 0.3) is 0 Å². The monoisotopic (exact) mass is 346 g/mol. The molecule has 0 radical (unpaired) electrons. The highest BCUT2D eigenvalue weighted by molar-refractivity contribution is 9.10. The van der Waals surface area contributed by atoms with Crippen LogP contribution in [0.4, 0.5) is 8.78 Å². The van der Waals surface area contributed by atoms with Gasteiger partial charge in [-0.25, -0.2) is 4.39 Å². The molecular weight excluding hydrogens is 330 g/mol. The Morgan fingerprint density at radius 3 is 2.65 bits per heavy atom. The fourth-order valence-electron chi connectivity index (χ4n) is 2.48. The number of phenolic OH excluding ortho intramolecular Hbond substituents is 1. The number of halogens is 3. The third-order valence-electron chi connectivity index (χ3n) is 3.51. The van der Waals surface area contributed by atoms with E-state index in [1.165, 1.54) is 6.07 Å². The molecule has 0 spiro atoms. The largest absolute Gasteiger partial charge is 0.505 e. The highest BCUT2D eigenvalue weighted by Crippen LogP contribution is 2.37. The number of aromatic hydroxyl groups is 1. The first-order valence-corrected chi connectivity index (χ1v) is 7.27. The summed E-state index contributed by atoms with van der Waals surface area (Å²) in [7, 11) is 0. The second-order valence-electron chi connectivity index (χ2n) is 4.75. The summed E-state index contributed by atoms with van der Waals surface area (Å²) in [6.07, 6.45) is 2.28. The number of phenols is 1. The fraction of sp³-hybridized carbons (Fsp3) is 0.429. The van der Waals surface area contributed by atoms with Gasteiger partial charge in [0, 0.05) is 37.8 Å². The van der Waals surface area contributed by atoms with Gasteiger partial charge in [-0.3, -0.25) is 4.90 Å². The maximum atomic E-state index is 13.7. The average Bonchev–Trinajstić information content (AvgIpc) is 2.47. The van der Waals surface area contributed by atoms with Gasteiger partial charge in [0.2, 0.25) is 5.82 Å². The molecule has 2 rings (SSSR count). The first-order chi connectivity index (χ1) is 9.56. The van der Waals surface area contributed by atoms with E-state index >= 15 is 0 Å². The SMILES string of the molecule is C=CC[C@@H](c1cc(Br)c(F)c(F)c1O)N1CCNCC1. The van der Waals surface area contributed by atoms with Gasteiger partial charge in [-0.2, -0.15) is 4.39 Å². The molecule has 1 aromatic carbocycles. The molecule has 1 aliphatic heterocycles. The van der Waals surface area contributed by atoms with Crippen LogP contribution in [0.2, 0.25) is 0 Å². The molecule has 0 amide bonds. The van der Waals surface area contributed by atoms with E-state index in [-0.39, 0.29) is 10.5 Å². The zero-order valence-electron chi connectivity index (χ0n) is 11.0. The predicted octanol–water partition coefficient (Wildman–Crippen LogP) is 2.96. The maximum absolute atomic E-state index is 13.7. The van der Waals surface area contributed by atoms with E-state index in [1.807, 2.05) is 0 Å². The number of hydrogen-bond donors (Lipinski definition) is 2. The summed E-state index contributed by atoms with van der Waals surface area (Å²) in [6, 6.07) is 1.24. The second-order valence-corrected chi connectivity index (χ2v) is 5.60. The van der Waals surface area contributed by atoms with E-state index in [4.69, 9.17) is 0 Å². The number of piperazine rings is 1. The van der Waals surface area contributed by atoms with Crippen LogP contribution in [0.1, 0.15) is 18.0 Å². The summed E-state index contributed by atoms with van der Waals surface area (Å²) < 4.78 is 27.2. The van der Waals surface area contributed by atoms with Crippen molar-refractivity contribution in [1.29, 1.82) is 0 Å². The summed E-state index contributed by atoms with van der Waals surface area (Å²) in [6.45, 7) is 6.95. The van der Waals surface area contributed by atoms with Gasteiger partial charge in [0.25, 0.3) is 0 Å². The molecule has 6 heteroatoms. The summed E-state index contributed by atoms with van der Waals surface area (Å²) >= 11 is 2.99. The van der Waals surface area contributed by atoms with E-state index in [9.17, 15) is 13.9 Å². The Balaban J connectivity index is 2.40. The van der Waals surface area contributed by atoms with E-state index in [0.717, 1.165) is 26.2 Å². The Hall–Kier alpha value is -0.980. The molecule has 20 heavy (non-hydrogen) atoms. The van der Waals surface area contributed by atoms with Gasteiger partial charge < -0.3 is 10.4 Å². The molecular formula is C14H17BrF2N2O. The van der Waals surface area contributed by atoms with Crippen LogP contribution in [0, 0.1) is 11.6 Å². The fourth-order valence-corrected chi connectivity index (χ4v) is 2.90. The first kappa shape index (κ1) is 15.4. The lowest BCUT2D eigenvalue weighted by Gasteiger charge is -2.35. The lowest BCUT2D eigenvalue weighted by atomic mass is 9.99. The summed E-state index contributed by atoms with van der Waals surface area (Å²) in [5.41, 5.74) is 0.387. The Morgan fingerprint density at radius 2 is 2.05 bits per heavy atom. The van der Waals surface area contributed by atoms with Gasteiger partial charge in [-0.05, 0) is 28.4 Å². The maximum Gasteiger partial charge on any atom is 0.201 e. The normalized spacial score (nSPS) is 17.9. The molecule has 0 unspecified atom stereocenters. The predicted molar refractivity (Wildman–Crippen MR) is 77.7 cm³/mol. The molecule has 2 N–H and O–H groups in total. The number of benzene rings is 1. The lowest BCUT2D eigenvalue weighted by Crippen LogP contribution is -2.45. The second kappa shape index (κ2) is 6.65. The summed E-state index contributed by atoms with van der Waals surface area (Å²) in [4.78, 5) is 2.14. The van der Waals surface area contributed by atoms with Crippen LogP contribution in [0.3, 0.4) is 0 Å². The van der Waals surface area contributed by atoms with Crippen LogP contribution in [0.15, 0.2) is 23.2 Å². The quantitative estimate of drug-likeness (QED) is 0.649. The topological polar surface area (TPSA) is 35.5 Å². The molecule has 1 saturated heterocycles. The lowest BCUT2D eigenvalue weighted by molar-refractivity contribution is 0.171. The Bertz CT molecular complexity index is 504. The number of rotatable bonds is 4. The molecule has 1 atom stereocenters. The van der Waals surface area contributed by atoms with Crippen molar-refractivity contribution in [2.24, 2.45) is 0 Å². The van der Waals surface area contributed by atoms with Gasteiger partial charge in [0.15, 0.2) is 11.6 Å². The van der Waals surface area contributed by atoms with Crippen LogP contribution >= 0.6 is 15.9 Å². The molecule has 1 heterocycles. The van der Waals surface area contributed by atoms with Crippen LogP contribution in [0.5, 0.6) is 5.75 Å².